The molecule has 0 saturated carbocycles. The minimum Gasteiger partial charge on any atom is -0.241 e. The molecule has 2 nitrogen and oxygen atoms in total. The molecule has 78 valence electrons. The first-order chi connectivity index (χ1) is 7.31. The summed E-state index contributed by atoms with van der Waals surface area (Å²) in [5, 5.41) is 4.35. The van der Waals surface area contributed by atoms with E-state index >= 15 is 0 Å². The number of para-hydroxylation sites is 1. The van der Waals surface area contributed by atoms with Crippen LogP contribution in [0.15, 0.2) is 42.7 Å². The highest BCUT2D eigenvalue weighted by atomic mass is 35.5. The second-order valence-corrected chi connectivity index (χ2v) is 3.96. The minimum absolute atomic E-state index is 0.0578. The molecule has 0 fully saturated rings. The van der Waals surface area contributed by atoms with E-state index in [1.54, 1.807) is 0 Å². The molecule has 1 atom stereocenters. The Morgan fingerprint density at radius 2 is 2.07 bits per heavy atom. The van der Waals surface area contributed by atoms with Gasteiger partial charge < -0.3 is 0 Å². The first-order valence-corrected chi connectivity index (χ1v) is 5.49. The van der Waals surface area contributed by atoms with Crippen LogP contribution in [0.4, 0.5) is 0 Å². The third kappa shape index (κ3) is 2.21. The SMILES string of the molecule is CCC(Cl)c1cnn(-c2ccccc2)c1. The zero-order chi connectivity index (χ0) is 10.7. The van der Waals surface area contributed by atoms with Crippen LogP contribution in [0.1, 0.15) is 24.3 Å². The van der Waals surface area contributed by atoms with Crippen LogP contribution in [-0.4, -0.2) is 9.78 Å². The van der Waals surface area contributed by atoms with Gasteiger partial charge in [0.2, 0.25) is 0 Å². The minimum atomic E-state index is 0.0578. The van der Waals surface area contributed by atoms with E-state index in [1.807, 2.05) is 47.4 Å². The molecule has 0 saturated heterocycles. The normalized spacial score (nSPS) is 12.7. The van der Waals surface area contributed by atoms with E-state index < -0.39 is 0 Å². The van der Waals surface area contributed by atoms with Crippen LogP contribution in [-0.2, 0) is 0 Å². The van der Waals surface area contributed by atoms with Gasteiger partial charge in [0.1, 0.15) is 0 Å². The number of hydrogen-bond donors (Lipinski definition) is 0. The first-order valence-electron chi connectivity index (χ1n) is 5.05. The van der Waals surface area contributed by atoms with Gasteiger partial charge in [-0.2, -0.15) is 5.10 Å². The third-order valence-electron chi connectivity index (χ3n) is 2.34. The summed E-state index contributed by atoms with van der Waals surface area (Å²) in [6.07, 6.45) is 4.73. The fourth-order valence-electron chi connectivity index (χ4n) is 1.46. The van der Waals surface area contributed by atoms with Crippen LogP contribution in [0.5, 0.6) is 0 Å². The molecule has 1 aromatic carbocycles. The van der Waals surface area contributed by atoms with Crippen LogP contribution in [0.3, 0.4) is 0 Å². The van der Waals surface area contributed by atoms with E-state index in [4.69, 9.17) is 11.6 Å². The predicted molar refractivity (Wildman–Crippen MR) is 62.4 cm³/mol. The Bertz CT molecular complexity index is 422. The molecule has 15 heavy (non-hydrogen) atoms. The maximum Gasteiger partial charge on any atom is 0.0645 e. The highest BCUT2D eigenvalue weighted by Gasteiger charge is 2.08. The van der Waals surface area contributed by atoms with Gasteiger partial charge in [-0.05, 0) is 18.6 Å². The second kappa shape index (κ2) is 4.49. The summed E-state index contributed by atoms with van der Waals surface area (Å²) >= 11 is 6.14. The lowest BCUT2D eigenvalue weighted by atomic mass is 10.2. The number of halogens is 1. The van der Waals surface area contributed by atoms with Crippen molar-refractivity contribution in [3.05, 3.63) is 48.3 Å². The zero-order valence-electron chi connectivity index (χ0n) is 8.60. The molecule has 1 unspecified atom stereocenters. The molecule has 0 bridgehead atoms. The van der Waals surface area contributed by atoms with Gasteiger partial charge in [0.05, 0.1) is 17.3 Å². The first kappa shape index (κ1) is 10.2. The van der Waals surface area contributed by atoms with Crippen molar-refractivity contribution in [1.82, 2.24) is 9.78 Å². The number of benzene rings is 1. The molecule has 2 aromatic rings. The van der Waals surface area contributed by atoms with Gasteiger partial charge in [0, 0.05) is 11.8 Å². The van der Waals surface area contributed by atoms with Crippen LogP contribution in [0.2, 0.25) is 0 Å². The van der Waals surface area contributed by atoms with Crippen molar-refractivity contribution in [2.45, 2.75) is 18.7 Å². The van der Waals surface area contributed by atoms with Crippen molar-refractivity contribution in [3.8, 4) is 5.69 Å². The lowest BCUT2D eigenvalue weighted by Crippen LogP contribution is -1.93. The smallest absolute Gasteiger partial charge is 0.0645 e. The second-order valence-electron chi connectivity index (χ2n) is 3.43. The van der Waals surface area contributed by atoms with Crippen LogP contribution in [0.25, 0.3) is 5.69 Å². The van der Waals surface area contributed by atoms with Crippen LogP contribution in [0, 0.1) is 0 Å². The van der Waals surface area contributed by atoms with Gasteiger partial charge in [-0.25, -0.2) is 4.68 Å². The van der Waals surface area contributed by atoms with Crippen molar-refractivity contribution in [2.24, 2.45) is 0 Å². The Hall–Kier alpha value is -1.28. The number of nitrogens with zero attached hydrogens (tertiary/aromatic N) is 2. The van der Waals surface area contributed by atoms with Gasteiger partial charge in [0.25, 0.3) is 0 Å². The zero-order valence-corrected chi connectivity index (χ0v) is 9.35. The number of aromatic nitrogens is 2. The molecular weight excluding hydrogens is 208 g/mol. The average molecular weight is 221 g/mol. The number of hydrogen-bond acceptors (Lipinski definition) is 1. The molecule has 3 heteroatoms. The average Bonchev–Trinajstić information content (AvgIpc) is 2.78. The Labute approximate surface area is 94.5 Å². The lowest BCUT2D eigenvalue weighted by Gasteiger charge is -2.01. The largest absolute Gasteiger partial charge is 0.241 e. The molecule has 2 rings (SSSR count). The molecular formula is C12H13ClN2. The summed E-state index contributed by atoms with van der Waals surface area (Å²) in [5.74, 6) is 0. The summed E-state index contributed by atoms with van der Waals surface area (Å²) in [4.78, 5) is 0. The van der Waals surface area contributed by atoms with E-state index in [0.29, 0.717) is 0 Å². The van der Waals surface area contributed by atoms with E-state index in [9.17, 15) is 0 Å². The van der Waals surface area contributed by atoms with E-state index in [1.165, 1.54) is 0 Å². The fourth-order valence-corrected chi connectivity index (χ4v) is 1.57. The Morgan fingerprint density at radius 1 is 1.33 bits per heavy atom. The molecule has 0 radical (unpaired) electrons. The van der Waals surface area contributed by atoms with Crippen molar-refractivity contribution in [1.29, 1.82) is 0 Å². The number of alkyl halides is 1. The van der Waals surface area contributed by atoms with Crippen LogP contribution < -0.4 is 0 Å². The summed E-state index contributed by atoms with van der Waals surface area (Å²) in [6, 6.07) is 10.0. The van der Waals surface area contributed by atoms with E-state index in [-0.39, 0.29) is 5.38 Å². The van der Waals surface area contributed by atoms with Gasteiger partial charge in [0.15, 0.2) is 0 Å². The molecule has 0 aliphatic heterocycles. The summed E-state index contributed by atoms with van der Waals surface area (Å²) in [7, 11) is 0. The molecule has 0 N–H and O–H groups in total. The lowest BCUT2D eigenvalue weighted by molar-refractivity contribution is 0.870. The van der Waals surface area contributed by atoms with Crippen molar-refractivity contribution in [3.63, 3.8) is 0 Å². The van der Waals surface area contributed by atoms with Gasteiger partial charge in [-0.15, -0.1) is 11.6 Å². The number of rotatable bonds is 3. The summed E-state index contributed by atoms with van der Waals surface area (Å²) in [6.45, 7) is 2.07. The van der Waals surface area contributed by atoms with Crippen molar-refractivity contribution in [2.75, 3.05) is 0 Å². The van der Waals surface area contributed by atoms with Gasteiger partial charge >= 0.3 is 0 Å². The Balaban J connectivity index is 2.28. The molecule has 0 aliphatic rings. The molecule has 0 spiro atoms. The highest BCUT2D eigenvalue weighted by Crippen LogP contribution is 2.23. The van der Waals surface area contributed by atoms with E-state index in [0.717, 1.165) is 17.7 Å². The maximum atomic E-state index is 6.14. The quantitative estimate of drug-likeness (QED) is 0.724. The summed E-state index contributed by atoms with van der Waals surface area (Å²) in [5.41, 5.74) is 2.13. The topological polar surface area (TPSA) is 17.8 Å². The third-order valence-corrected chi connectivity index (χ3v) is 2.90. The molecule has 0 amide bonds. The maximum absolute atomic E-state index is 6.14. The monoisotopic (exact) mass is 220 g/mol. The van der Waals surface area contributed by atoms with Crippen molar-refractivity contribution >= 4 is 11.6 Å². The van der Waals surface area contributed by atoms with Gasteiger partial charge in [-0.1, -0.05) is 25.1 Å². The molecule has 1 heterocycles. The Morgan fingerprint density at radius 3 is 2.73 bits per heavy atom. The van der Waals surface area contributed by atoms with E-state index in [2.05, 4.69) is 12.0 Å². The molecule has 1 aromatic heterocycles. The fraction of sp³-hybridized carbons (Fsp3) is 0.250. The highest BCUT2D eigenvalue weighted by molar-refractivity contribution is 6.20. The Kier molecular flexibility index (Phi) is 3.07. The summed E-state index contributed by atoms with van der Waals surface area (Å²) < 4.78 is 1.85. The van der Waals surface area contributed by atoms with Crippen molar-refractivity contribution < 1.29 is 0 Å². The van der Waals surface area contributed by atoms with Gasteiger partial charge in [-0.3, -0.25) is 0 Å². The standard InChI is InChI=1S/C12H13ClN2/c1-2-12(13)10-8-14-15(9-10)11-6-4-3-5-7-11/h3-9,12H,2H2,1H3. The predicted octanol–water partition coefficient (Wildman–Crippen LogP) is 3.56. The molecule has 0 aliphatic carbocycles. The van der Waals surface area contributed by atoms with Crippen LogP contribution >= 0.6 is 11.6 Å².